The summed E-state index contributed by atoms with van der Waals surface area (Å²) < 4.78 is 6.22. The summed E-state index contributed by atoms with van der Waals surface area (Å²) in [6.07, 6.45) is 3.08. The molecule has 3 N–H and O–H groups in total. The third-order valence-corrected chi connectivity index (χ3v) is 4.85. The van der Waals surface area contributed by atoms with Crippen LogP contribution in [-0.4, -0.2) is 56.8 Å². The largest absolute Gasteiger partial charge is 0.384 e. The van der Waals surface area contributed by atoms with Gasteiger partial charge in [-0.15, -0.1) is 0 Å². The van der Waals surface area contributed by atoms with Crippen molar-refractivity contribution in [3.8, 4) is 11.3 Å². The average Bonchev–Trinajstić information content (AvgIpc) is 2.74. The van der Waals surface area contributed by atoms with E-state index in [1.807, 2.05) is 13.0 Å². The van der Waals surface area contributed by atoms with Crippen LogP contribution in [-0.2, 0) is 22.2 Å². The summed E-state index contributed by atoms with van der Waals surface area (Å²) in [5.41, 5.74) is 1.03. The van der Waals surface area contributed by atoms with Gasteiger partial charge in [0, 0.05) is 38.5 Å². The number of nitrogens with one attached hydrogen (secondary N) is 2. The van der Waals surface area contributed by atoms with Crippen molar-refractivity contribution >= 4 is 22.6 Å². The molecular weight excluding hydrogens is 412 g/mol. The van der Waals surface area contributed by atoms with Gasteiger partial charge < -0.3 is 25.0 Å². The number of carbonyl (C=O) groups excluding carboxylic acids is 1. The number of carbonyl (C=O) groups is 1. The highest BCUT2D eigenvalue weighted by Gasteiger charge is 2.19. The van der Waals surface area contributed by atoms with Crippen molar-refractivity contribution in [1.82, 2.24) is 24.8 Å². The second-order valence-corrected chi connectivity index (χ2v) is 8.18. The minimum absolute atomic E-state index is 0.0287. The molecule has 0 saturated heterocycles. The Labute approximate surface area is 185 Å². The lowest BCUT2D eigenvalue weighted by atomic mass is 10.0. The SMILES string of the molecule is COCC(=O)NC(C)CNc1nc(-c2ccc(C(C)(C)O)nc2)cc2ncn(C)c(=O)c12. The molecule has 32 heavy (non-hydrogen) atoms. The third kappa shape index (κ3) is 5.27. The third-order valence-electron chi connectivity index (χ3n) is 4.85. The highest BCUT2D eigenvalue weighted by atomic mass is 16.5. The zero-order chi connectivity index (χ0) is 23.5. The quantitative estimate of drug-likeness (QED) is 0.476. The number of hydrogen-bond acceptors (Lipinski definition) is 8. The summed E-state index contributed by atoms with van der Waals surface area (Å²) in [4.78, 5) is 37.9. The molecule has 1 atom stereocenters. The first kappa shape index (κ1) is 23.3. The molecule has 170 valence electrons. The summed E-state index contributed by atoms with van der Waals surface area (Å²) in [5, 5.41) is 16.5. The van der Waals surface area contributed by atoms with Crippen LogP contribution >= 0.6 is 0 Å². The number of hydrogen-bond donors (Lipinski definition) is 3. The van der Waals surface area contributed by atoms with Crippen LogP contribution in [0.2, 0.25) is 0 Å². The summed E-state index contributed by atoms with van der Waals surface area (Å²) in [5.74, 6) is 0.134. The van der Waals surface area contributed by atoms with E-state index < -0.39 is 5.60 Å². The number of rotatable bonds is 8. The Balaban J connectivity index is 1.97. The van der Waals surface area contributed by atoms with E-state index in [1.54, 1.807) is 39.2 Å². The number of aromatic nitrogens is 4. The molecule has 0 aliphatic rings. The van der Waals surface area contributed by atoms with Gasteiger partial charge in [0.15, 0.2) is 0 Å². The number of anilines is 1. The van der Waals surface area contributed by atoms with Crippen LogP contribution in [0.1, 0.15) is 26.5 Å². The van der Waals surface area contributed by atoms with Crippen molar-refractivity contribution in [3.63, 3.8) is 0 Å². The molecular formula is C22H28N6O4. The minimum Gasteiger partial charge on any atom is -0.384 e. The highest BCUT2D eigenvalue weighted by Crippen LogP contribution is 2.26. The van der Waals surface area contributed by atoms with E-state index in [1.165, 1.54) is 18.0 Å². The number of amides is 1. The summed E-state index contributed by atoms with van der Waals surface area (Å²) >= 11 is 0. The van der Waals surface area contributed by atoms with Crippen molar-refractivity contribution < 1.29 is 14.6 Å². The van der Waals surface area contributed by atoms with Crippen molar-refractivity contribution in [2.45, 2.75) is 32.4 Å². The topological polar surface area (TPSA) is 131 Å². The number of fused-ring (bicyclic) bond motifs is 1. The van der Waals surface area contributed by atoms with E-state index in [4.69, 9.17) is 4.74 Å². The van der Waals surface area contributed by atoms with Gasteiger partial charge in [-0.3, -0.25) is 14.6 Å². The minimum atomic E-state index is -1.06. The van der Waals surface area contributed by atoms with Crippen molar-refractivity contribution in [2.75, 3.05) is 25.6 Å². The normalized spacial score (nSPS) is 12.6. The van der Waals surface area contributed by atoms with Gasteiger partial charge in [0.2, 0.25) is 5.91 Å². The van der Waals surface area contributed by atoms with E-state index in [0.29, 0.717) is 40.2 Å². The predicted octanol–water partition coefficient (Wildman–Crippen LogP) is 1.18. The number of nitrogens with zero attached hydrogens (tertiary/aromatic N) is 4. The lowest BCUT2D eigenvalue weighted by Gasteiger charge is -2.17. The monoisotopic (exact) mass is 440 g/mol. The van der Waals surface area contributed by atoms with Crippen molar-refractivity contribution in [2.24, 2.45) is 7.05 Å². The van der Waals surface area contributed by atoms with Crippen LogP contribution in [0, 0.1) is 0 Å². The van der Waals surface area contributed by atoms with E-state index >= 15 is 0 Å². The highest BCUT2D eigenvalue weighted by molar-refractivity contribution is 5.91. The Morgan fingerprint density at radius 3 is 2.69 bits per heavy atom. The van der Waals surface area contributed by atoms with Crippen molar-refractivity contribution in [3.05, 3.63) is 46.8 Å². The van der Waals surface area contributed by atoms with E-state index in [-0.39, 0.29) is 24.1 Å². The lowest BCUT2D eigenvalue weighted by Crippen LogP contribution is -2.39. The molecule has 3 heterocycles. The molecule has 3 aromatic heterocycles. The zero-order valence-electron chi connectivity index (χ0n) is 18.8. The molecule has 3 rings (SSSR count). The molecule has 0 aromatic carbocycles. The summed E-state index contributed by atoms with van der Waals surface area (Å²) in [7, 11) is 3.08. The Bertz CT molecular complexity index is 1170. The first-order valence-corrected chi connectivity index (χ1v) is 10.2. The van der Waals surface area contributed by atoms with Crippen LogP contribution in [0.3, 0.4) is 0 Å². The Morgan fingerprint density at radius 1 is 1.31 bits per heavy atom. The van der Waals surface area contributed by atoms with E-state index in [0.717, 1.165) is 0 Å². The second kappa shape index (κ2) is 9.41. The van der Waals surface area contributed by atoms with Gasteiger partial charge >= 0.3 is 0 Å². The lowest BCUT2D eigenvalue weighted by molar-refractivity contribution is -0.125. The van der Waals surface area contributed by atoms with Gasteiger partial charge in [-0.05, 0) is 39.0 Å². The maximum Gasteiger partial charge on any atom is 0.264 e. The smallest absolute Gasteiger partial charge is 0.264 e. The van der Waals surface area contributed by atoms with Gasteiger partial charge in [-0.1, -0.05) is 0 Å². The first-order valence-electron chi connectivity index (χ1n) is 10.2. The van der Waals surface area contributed by atoms with Crippen LogP contribution < -0.4 is 16.2 Å². The average molecular weight is 441 g/mol. The van der Waals surface area contributed by atoms with Gasteiger partial charge in [0.05, 0.1) is 23.2 Å². The molecule has 10 nitrogen and oxygen atoms in total. The number of ether oxygens (including phenoxy) is 1. The van der Waals surface area contributed by atoms with E-state index in [2.05, 4.69) is 25.6 Å². The number of aryl methyl sites for hydroxylation is 1. The fraction of sp³-hybridized carbons (Fsp3) is 0.409. The van der Waals surface area contributed by atoms with Gasteiger partial charge in [-0.25, -0.2) is 9.97 Å². The maximum absolute atomic E-state index is 12.8. The fourth-order valence-corrected chi connectivity index (χ4v) is 3.15. The fourth-order valence-electron chi connectivity index (χ4n) is 3.15. The summed E-state index contributed by atoms with van der Waals surface area (Å²) in [6, 6.07) is 5.05. The molecule has 0 fully saturated rings. The van der Waals surface area contributed by atoms with E-state index in [9.17, 15) is 14.7 Å². The Morgan fingerprint density at radius 2 is 2.06 bits per heavy atom. The van der Waals surface area contributed by atoms with Crippen LogP contribution in [0.25, 0.3) is 22.2 Å². The molecule has 0 radical (unpaired) electrons. The van der Waals surface area contributed by atoms with Crippen LogP contribution in [0.4, 0.5) is 5.82 Å². The summed E-state index contributed by atoms with van der Waals surface area (Å²) in [6.45, 7) is 5.48. The molecule has 10 heteroatoms. The molecule has 0 aliphatic heterocycles. The van der Waals surface area contributed by atoms with Gasteiger partial charge in [0.1, 0.15) is 23.4 Å². The number of aliphatic hydroxyl groups is 1. The molecule has 1 amide bonds. The predicted molar refractivity (Wildman–Crippen MR) is 121 cm³/mol. The van der Waals surface area contributed by atoms with Gasteiger partial charge in [-0.2, -0.15) is 0 Å². The Kier molecular flexibility index (Phi) is 6.85. The molecule has 0 aliphatic carbocycles. The molecule has 1 unspecified atom stereocenters. The number of methoxy groups -OCH3 is 1. The molecule has 0 bridgehead atoms. The first-order chi connectivity index (χ1) is 15.1. The molecule has 0 saturated carbocycles. The Hall–Kier alpha value is -3.37. The standard InChI is InChI=1S/C22H28N6O4/c1-13(26-18(29)11-32-5)9-24-20-19-16(25-12-28(4)21(19)30)8-15(27-20)14-6-7-17(23-10-14)22(2,3)31/h6-8,10,12-13,31H,9,11H2,1-5H3,(H,24,27)(H,26,29). The molecule has 0 spiro atoms. The number of pyridine rings is 2. The molecule has 3 aromatic rings. The van der Waals surface area contributed by atoms with Crippen LogP contribution in [0.15, 0.2) is 35.5 Å². The zero-order valence-corrected chi connectivity index (χ0v) is 18.8. The second-order valence-electron chi connectivity index (χ2n) is 8.18. The van der Waals surface area contributed by atoms with Crippen molar-refractivity contribution in [1.29, 1.82) is 0 Å². The maximum atomic E-state index is 12.8. The van der Waals surface area contributed by atoms with Gasteiger partial charge in [0.25, 0.3) is 5.56 Å². The van der Waals surface area contributed by atoms with Crippen LogP contribution in [0.5, 0.6) is 0 Å².